The summed E-state index contributed by atoms with van der Waals surface area (Å²) in [4.78, 5) is 3.04. The lowest BCUT2D eigenvalue weighted by atomic mass is 10.1. The number of halogens is 1. The molecule has 3 heteroatoms. The van der Waals surface area contributed by atoms with Gasteiger partial charge in [0.2, 0.25) is 0 Å². The molecular weight excluding hydrogens is 209 g/mol. The Balaban J connectivity index is 2.55. The Bertz CT molecular complexity index is 545. The van der Waals surface area contributed by atoms with E-state index < -0.39 is 0 Å². The van der Waals surface area contributed by atoms with E-state index in [1.54, 1.807) is 25.3 Å². The third kappa shape index (κ3) is 2.13. The van der Waals surface area contributed by atoms with Crippen LogP contribution in [0, 0.1) is 17.3 Å². The number of benzene rings is 1. The number of pyridine rings is 1. The molecule has 0 saturated carbocycles. The maximum absolute atomic E-state index is 13.3. The molecule has 1 heterocycles. The summed E-state index contributed by atoms with van der Waals surface area (Å²) in [5.74, 6) is -0.198. The van der Waals surface area contributed by atoms with E-state index in [-0.39, 0.29) is 5.82 Å². The molecule has 0 spiro atoms. The molecule has 0 fully saturated rings. The van der Waals surface area contributed by atoms with Crippen LogP contribution in [0.2, 0.25) is 0 Å². The van der Waals surface area contributed by atoms with Crippen LogP contribution in [0.15, 0.2) is 36.5 Å². The van der Waals surface area contributed by atoms with E-state index in [9.17, 15) is 4.39 Å². The monoisotopic (exact) mass is 219 g/mol. The molecule has 0 saturated heterocycles. The lowest BCUT2D eigenvalue weighted by Gasteiger charge is -2.03. The highest BCUT2D eigenvalue weighted by Gasteiger charge is 2.01. The zero-order chi connectivity index (χ0) is 10.8. The summed E-state index contributed by atoms with van der Waals surface area (Å²) in [6.45, 7) is 1.74. The minimum Gasteiger partial charge on any atom is -0.361 e. The second-order valence-electron chi connectivity index (χ2n) is 3.40. The largest absolute Gasteiger partial charge is 0.361 e. The Morgan fingerprint density at radius 3 is 2.67 bits per heavy atom. The molecule has 0 radical (unpaired) electrons. The van der Waals surface area contributed by atoms with E-state index in [1.165, 1.54) is 6.07 Å². The maximum Gasteiger partial charge on any atom is 0.126 e. The Hall–Kier alpha value is -1.48. The number of hydrogen-bond donors (Lipinski definition) is 1. The summed E-state index contributed by atoms with van der Waals surface area (Å²) in [7, 11) is 0. The number of nitrogens with one attached hydrogen (secondary N) is 1. The Kier molecular flexibility index (Phi) is 2.64. The molecule has 15 heavy (non-hydrogen) atoms. The minimum absolute atomic E-state index is 0.198. The van der Waals surface area contributed by atoms with Crippen molar-refractivity contribution in [2.24, 2.45) is 0 Å². The van der Waals surface area contributed by atoms with Crippen molar-refractivity contribution in [1.82, 2.24) is 4.98 Å². The summed E-state index contributed by atoms with van der Waals surface area (Å²) < 4.78 is 14.1. The van der Waals surface area contributed by atoms with Gasteiger partial charge in [-0.15, -0.1) is 0 Å². The average molecular weight is 219 g/mol. The van der Waals surface area contributed by atoms with Gasteiger partial charge >= 0.3 is 0 Å². The molecule has 0 aliphatic heterocycles. The second-order valence-corrected chi connectivity index (χ2v) is 3.87. The van der Waals surface area contributed by atoms with E-state index in [4.69, 9.17) is 12.2 Å². The highest BCUT2D eigenvalue weighted by molar-refractivity contribution is 7.71. The standard InChI is InChI=1S/C12H10FNS/c1-8-2-3-9(6-11(8)13)12-7-10(15)4-5-14-12/h2-7H,1H3,(H,14,15). The van der Waals surface area contributed by atoms with Crippen molar-refractivity contribution in [3.05, 3.63) is 52.4 Å². The first kappa shape index (κ1) is 10.1. The van der Waals surface area contributed by atoms with Gasteiger partial charge in [0.15, 0.2) is 0 Å². The van der Waals surface area contributed by atoms with Crippen LogP contribution in [0.1, 0.15) is 5.56 Å². The van der Waals surface area contributed by atoms with E-state index in [0.717, 1.165) is 15.8 Å². The fraction of sp³-hybridized carbons (Fsp3) is 0.0833. The first-order valence-corrected chi connectivity index (χ1v) is 5.03. The molecule has 0 atom stereocenters. The van der Waals surface area contributed by atoms with Crippen molar-refractivity contribution in [2.75, 3.05) is 0 Å². The van der Waals surface area contributed by atoms with Crippen molar-refractivity contribution < 1.29 is 4.39 Å². The van der Waals surface area contributed by atoms with Crippen LogP contribution >= 0.6 is 12.2 Å². The number of hydrogen-bond acceptors (Lipinski definition) is 1. The molecular formula is C12H10FNS. The topological polar surface area (TPSA) is 15.8 Å². The summed E-state index contributed by atoms with van der Waals surface area (Å²) in [5.41, 5.74) is 2.29. The van der Waals surface area contributed by atoms with Crippen LogP contribution in [-0.2, 0) is 0 Å². The lowest BCUT2D eigenvalue weighted by Crippen LogP contribution is -1.86. The van der Waals surface area contributed by atoms with Crippen molar-refractivity contribution >= 4 is 12.2 Å². The Morgan fingerprint density at radius 1 is 1.20 bits per heavy atom. The van der Waals surface area contributed by atoms with Gasteiger partial charge < -0.3 is 4.98 Å². The van der Waals surface area contributed by atoms with Crippen LogP contribution in [-0.4, -0.2) is 4.98 Å². The van der Waals surface area contributed by atoms with Crippen LogP contribution in [0.25, 0.3) is 11.3 Å². The third-order valence-corrected chi connectivity index (χ3v) is 2.51. The van der Waals surface area contributed by atoms with Crippen LogP contribution in [0.5, 0.6) is 0 Å². The maximum atomic E-state index is 13.3. The van der Waals surface area contributed by atoms with Crippen LogP contribution < -0.4 is 0 Å². The van der Waals surface area contributed by atoms with Gasteiger partial charge in [0.25, 0.3) is 0 Å². The number of aryl methyl sites for hydroxylation is 1. The first-order chi connectivity index (χ1) is 7.16. The number of aromatic nitrogens is 1. The molecule has 0 amide bonds. The predicted molar refractivity (Wildman–Crippen MR) is 61.8 cm³/mol. The van der Waals surface area contributed by atoms with Gasteiger partial charge in [0.05, 0.1) is 0 Å². The summed E-state index contributed by atoms with van der Waals surface area (Å²) in [6, 6.07) is 8.76. The fourth-order valence-electron chi connectivity index (χ4n) is 1.37. The number of H-pyrrole nitrogens is 1. The van der Waals surface area contributed by atoms with Crippen molar-refractivity contribution in [2.45, 2.75) is 6.92 Å². The quantitative estimate of drug-likeness (QED) is 0.720. The van der Waals surface area contributed by atoms with E-state index in [1.807, 2.05) is 12.1 Å². The van der Waals surface area contributed by atoms with Gasteiger partial charge in [-0.25, -0.2) is 4.39 Å². The Labute approximate surface area is 92.6 Å². The van der Waals surface area contributed by atoms with Crippen LogP contribution in [0.3, 0.4) is 0 Å². The highest BCUT2D eigenvalue weighted by Crippen LogP contribution is 2.19. The van der Waals surface area contributed by atoms with Crippen molar-refractivity contribution in [1.29, 1.82) is 0 Å². The smallest absolute Gasteiger partial charge is 0.126 e. The lowest BCUT2D eigenvalue weighted by molar-refractivity contribution is 0.619. The predicted octanol–water partition coefficient (Wildman–Crippen LogP) is 3.86. The van der Waals surface area contributed by atoms with E-state index >= 15 is 0 Å². The summed E-state index contributed by atoms with van der Waals surface area (Å²) >= 11 is 5.04. The molecule has 2 aromatic rings. The average Bonchev–Trinajstić information content (AvgIpc) is 2.22. The Morgan fingerprint density at radius 2 is 2.00 bits per heavy atom. The van der Waals surface area contributed by atoms with Gasteiger partial charge in [-0.05, 0) is 30.7 Å². The molecule has 0 aliphatic rings. The molecule has 0 bridgehead atoms. The minimum atomic E-state index is -0.198. The second kappa shape index (κ2) is 3.95. The summed E-state index contributed by atoms with van der Waals surface area (Å²) in [5, 5.41) is 0. The SMILES string of the molecule is Cc1ccc(-c2cc(=S)cc[nH]2)cc1F. The van der Waals surface area contributed by atoms with Crippen molar-refractivity contribution in [3.8, 4) is 11.3 Å². The molecule has 1 aromatic heterocycles. The van der Waals surface area contributed by atoms with Gasteiger partial charge in [-0.1, -0.05) is 24.4 Å². The third-order valence-electron chi connectivity index (χ3n) is 2.26. The van der Waals surface area contributed by atoms with E-state index in [2.05, 4.69) is 4.98 Å². The fourth-order valence-corrected chi connectivity index (χ4v) is 1.56. The zero-order valence-corrected chi connectivity index (χ0v) is 9.07. The molecule has 0 aliphatic carbocycles. The van der Waals surface area contributed by atoms with Crippen LogP contribution in [0.4, 0.5) is 4.39 Å². The van der Waals surface area contributed by atoms with Gasteiger partial charge in [-0.2, -0.15) is 0 Å². The van der Waals surface area contributed by atoms with E-state index in [0.29, 0.717) is 5.56 Å². The molecule has 76 valence electrons. The van der Waals surface area contributed by atoms with Gasteiger partial charge in [-0.3, -0.25) is 0 Å². The zero-order valence-electron chi connectivity index (χ0n) is 8.25. The molecule has 0 unspecified atom stereocenters. The number of aromatic amines is 1. The molecule has 1 N–H and O–H groups in total. The number of rotatable bonds is 1. The first-order valence-electron chi connectivity index (χ1n) is 4.62. The molecule has 1 nitrogen and oxygen atoms in total. The van der Waals surface area contributed by atoms with Gasteiger partial charge in [0, 0.05) is 22.0 Å². The molecule has 1 aromatic carbocycles. The normalized spacial score (nSPS) is 10.3. The highest BCUT2D eigenvalue weighted by atomic mass is 32.1. The van der Waals surface area contributed by atoms with Gasteiger partial charge in [0.1, 0.15) is 5.82 Å². The molecule has 2 rings (SSSR count). The summed E-state index contributed by atoms with van der Waals surface area (Å²) in [6.07, 6.45) is 1.76. The van der Waals surface area contributed by atoms with Crippen molar-refractivity contribution in [3.63, 3.8) is 0 Å².